The van der Waals surface area contributed by atoms with Crippen molar-refractivity contribution in [1.82, 2.24) is 10.3 Å². The van der Waals surface area contributed by atoms with E-state index in [1.807, 2.05) is 35.2 Å². The average Bonchev–Trinajstić information content (AvgIpc) is 3.50. The predicted octanol–water partition coefficient (Wildman–Crippen LogP) is 7.10. The Bertz CT molecular complexity index is 1420. The molecular weight excluding hydrogens is 581 g/mol. The lowest BCUT2D eigenvalue weighted by Crippen LogP contribution is -2.29. The van der Waals surface area contributed by atoms with Gasteiger partial charge in [-0.3, -0.25) is 4.98 Å². The molecule has 3 heterocycles. The van der Waals surface area contributed by atoms with Crippen LogP contribution in [0.5, 0.6) is 5.75 Å². The van der Waals surface area contributed by atoms with Crippen LogP contribution in [0.15, 0.2) is 81.8 Å². The molecule has 1 fully saturated rings. The molecule has 2 aromatic carbocycles. The highest BCUT2D eigenvalue weighted by Crippen LogP contribution is 2.44. The maximum Gasteiger partial charge on any atom is 0.174 e. The Hall–Kier alpha value is -2.98. The molecule has 0 unspecified atom stereocenters. The van der Waals surface area contributed by atoms with E-state index in [0.717, 1.165) is 11.4 Å². The van der Waals surface area contributed by atoms with Gasteiger partial charge in [-0.15, -0.1) is 0 Å². The predicted molar refractivity (Wildman–Crippen MR) is 149 cm³/mol. The lowest BCUT2D eigenvalue weighted by atomic mass is 10.0. The fourth-order valence-corrected chi connectivity index (χ4v) is 5.17. The first-order chi connectivity index (χ1) is 18.0. The molecule has 1 saturated heterocycles. The number of nitrogens with zero attached hydrogens (tertiary/aromatic N) is 2. The van der Waals surface area contributed by atoms with Crippen molar-refractivity contribution in [2.75, 3.05) is 25.2 Å². The monoisotopic (exact) mass is 601 g/mol. The molecule has 1 aliphatic rings. The van der Waals surface area contributed by atoms with Crippen molar-refractivity contribution in [3.63, 3.8) is 0 Å². The molecule has 10 heteroatoms. The minimum Gasteiger partial charge on any atom is -0.490 e. The van der Waals surface area contributed by atoms with Gasteiger partial charge in [-0.05, 0) is 72.9 Å². The zero-order valence-corrected chi connectivity index (χ0v) is 22.8. The molecule has 5 rings (SSSR count). The van der Waals surface area contributed by atoms with Crippen LogP contribution >= 0.6 is 39.7 Å². The number of furan rings is 1. The summed E-state index contributed by atoms with van der Waals surface area (Å²) < 4.78 is 32.3. The molecule has 0 spiro atoms. The molecule has 1 N–H and O–H groups in total. The van der Waals surface area contributed by atoms with E-state index in [4.69, 9.17) is 37.7 Å². The number of hydrogen-bond donors (Lipinski definition) is 1. The topological polar surface area (TPSA) is 59.8 Å². The number of rotatable bonds is 8. The molecule has 0 amide bonds. The van der Waals surface area contributed by atoms with Gasteiger partial charge in [0.2, 0.25) is 0 Å². The highest BCUT2D eigenvalue weighted by Gasteiger charge is 2.42. The van der Waals surface area contributed by atoms with E-state index in [9.17, 15) is 4.39 Å². The summed E-state index contributed by atoms with van der Waals surface area (Å²) >= 11 is 15.6. The third kappa shape index (κ3) is 5.36. The summed E-state index contributed by atoms with van der Waals surface area (Å²) in [4.78, 5) is 6.48. The SMILES string of the molecule is COCCOc1ccc(N2C(=S)N[C@@H](c3ccccn3)[C@@H]2c2ccc(-c3ccc(Br)cc3F)o2)cc1Cl. The first-order valence-corrected chi connectivity index (χ1v) is 13.0. The third-order valence-corrected chi connectivity index (χ3v) is 7.05. The first kappa shape index (κ1) is 25.7. The highest BCUT2D eigenvalue weighted by molar-refractivity contribution is 9.10. The van der Waals surface area contributed by atoms with Crippen molar-refractivity contribution in [2.45, 2.75) is 12.1 Å². The van der Waals surface area contributed by atoms with Gasteiger partial charge in [0.15, 0.2) is 5.11 Å². The van der Waals surface area contributed by atoms with Crippen molar-refractivity contribution in [2.24, 2.45) is 0 Å². The molecule has 4 aromatic rings. The fourth-order valence-electron chi connectivity index (χ4n) is 4.26. The standard InChI is InChI=1S/C27H22BrClFN3O3S/c1-34-12-13-35-23-8-6-17(15-19(23)29)33-26(25(32-27(33)37)21-4-2-3-11-31-21)24-10-9-22(36-24)18-7-5-16(28)14-20(18)30/h2-11,14-15,25-26H,12-13H2,1H3,(H,32,37)/t25-,26-/m0/s1. The summed E-state index contributed by atoms with van der Waals surface area (Å²) in [5.74, 6) is 1.17. The second-order valence-electron chi connectivity index (χ2n) is 8.28. The Morgan fingerprint density at radius 2 is 2.00 bits per heavy atom. The number of anilines is 1. The van der Waals surface area contributed by atoms with Gasteiger partial charge in [-0.2, -0.15) is 0 Å². The van der Waals surface area contributed by atoms with Gasteiger partial charge < -0.3 is 24.1 Å². The summed E-state index contributed by atoms with van der Waals surface area (Å²) in [7, 11) is 1.61. The summed E-state index contributed by atoms with van der Waals surface area (Å²) in [6, 6.07) is 18.9. The van der Waals surface area contributed by atoms with Crippen molar-refractivity contribution in [3.8, 4) is 17.1 Å². The molecule has 2 aromatic heterocycles. The summed E-state index contributed by atoms with van der Waals surface area (Å²) in [5.41, 5.74) is 1.90. The molecule has 0 aliphatic carbocycles. The number of halogens is 3. The zero-order valence-electron chi connectivity index (χ0n) is 19.7. The molecule has 2 atom stereocenters. The van der Waals surface area contributed by atoms with Crippen LogP contribution in [-0.2, 0) is 4.74 Å². The van der Waals surface area contributed by atoms with Gasteiger partial charge in [-0.1, -0.05) is 33.6 Å². The summed E-state index contributed by atoms with van der Waals surface area (Å²) in [5, 5.41) is 4.30. The van der Waals surface area contributed by atoms with Gasteiger partial charge in [0.1, 0.15) is 35.7 Å². The van der Waals surface area contributed by atoms with Crippen LogP contribution in [0.25, 0.3) is 11.3 Å². The number of pyridine rings is 1. The van der Waals surface area contributed by atoms with Crippen molar-refractivity contribution >= 4 is 50.5 Å². The molecule has 37 heavy (non-hydrogen) atoms. The van der Waals surface area contributed by atoms with Crippen molar-refractivity contribution < 1.29 is 18.3 Å². The van der Waals surface area contributed by atoms with Gasteiger partial charge in [0.05, 0.1) is 28.9 Å². The quantitative estimate of drug-likeness (QED) is 0.171. The van der Waals surface area contributed by atoms with Crippen molar-refractivity contribution in [1.29, 1.82) is 0 Å². The Morgan fingerprint density at radius 3 is 2.73 bits per heavy atom. The smallest absolute Gasteiger partial charge is 0.174 e. The Labute approximate surface area is 232 Å². The lowest BCUT2D eigenvalue weighted by molar-refractivity contribution is 0.146. The molecule has 0 bridgehead atoms. The minimum atomic E-state index is -0.411. The number of ether oxygens (including phenoxy) is 2. The van der Waals surface area contributed by atoms with Gasteiger partial charge >= 0.3 is 0 Å². The number of hydrogen-bond acceptors (Lipinski definition) is 5. The van der Waals surface area contributed by atoms with Gasteiger partial charge in [0.25, 0.3) is 0 Å². The van der Waals surface area contributed by atoms with Crippen LogP contribution < -0.4 is 15.0 Å². The van der Waals surface area contributed by atoms with E-state index in [2.05, 4.69) is 26.2 Å². The summed E-state index contributed by atoms with van der Waals surface area (Å²) in [6.45, 7) is 0.831. The molecular formula is C27H22BrClFN3O3S. The maximum atomic E-state index is 14.7. The second kappa shape index (κ2) is 11.2. The number of nitrogens with one attached hydrogen (secondary N) is 1. The number of aromatic nitrogens is 1. The van der Waals surface area contributed by atoms with Crippen LogP contribution in [0.4, 0.5) is 10.1 Å². The minimum absolute atomic E-state index is 0.320. The van der Waals surface area contributed by atoms with E-state index in [1.165, 1.54) is 6.07 Å². The Kier molecular flexibility index (Phi) is 7.76. The van der Waals surface area contributed by atoms with E-state index in [-0.39, 0.29) is 11.9 Å². The first-order valence-electron chi connectivity index (χ1n) is 11.4. The Morgan fingerprint density at radius 1 is 1.14 bits per heavy atom. The highest BCUT2D eigenvalue weighted by atomic mass is 79.9. The van der Waals surface area contributed by atoms with Gasteiger partial charge in [-0.25, -0.2) is 4.39 Å². The Balaban J connectivity index is 1.54. The normalized spacial score (nSPS) is 17.2. The van der Waals surface area contributed by atoms with Crippen LogP contribution in [0.2, 0.25) is 5.02 Å². The number of benzene rings is 2. The van der Waals surface area contributed by atoms with Gasteiger partial charge in [0, 0.05) is 23.5 Å². The second-order valence-corrected chi connectivity index (χ2v) is 9.99. The number of thiocarbonyl (C=S) groups is 1. The van der Waals surface area contributed by atoms with E-state index < -0.39 is 6.04 Å². The largest absolute Gasteiger partial charge is 0.490 e. The fraction of sp³-hybridized carbons (Fsp3) is 0.185. The van der Waals surface area contributed by atoms with Crippen LogP contribution in [0, 0.1) is 5.82 Å². The molecule has 1 aliphatic heterocycles. The summed E-state index contributed by atoms with van der Waals surface area (Å²) in [6.07, 6.45) is 1.73. The molecule has 190 valence electrons. The zero-order chi connectivity index (χ0) is 25.9. The van der Waals surface area contributed by atoms with Crippen LogP contribution in [-0.4, -0.2) is 30.4 Å². The van der Waals surface area contributed by atoms with Crippen molar-refractivity contribution in [3.05, 3.63) is 99.7 Å². The van der Waals surface area contributed by atoms with Crippen LogP contribution in [0.1, 0.15) is 23.5 Å². The number of methoxy groups -OCH3 is 1. The molecule has 6 nitrogen and oxygen atoms in total. The molecule has 0 radical (unpaired) electrons. The third-order valence-electron chi connectivity index (χ3n) is 5.95. The van der Waals surface area contributed by atoms with E-state index in [0.29, 0.717) is 50.7 Å². The van der Waals surface area contributed by atoms with E-state index >= 15 is 0 Å². The molecule has 0 saturated carbocycles. The van der Waals surface area contributed by atoms with E-state index in [1.54, 1.807) is 43.6 Å². The lowest BCUT2D eigenvalue weighted by Gasteiger charge is -2.26. The van der Waals surface area contributed by atoms with Crippen LogP contribution in [0.3, 0.4) is 0 Å². The average molecular weight is 603 g/mol. The maximum absolute atomic E-state index is 14.7.